The highest BCUT2D eigenvalue weighted by molar-refractivity contribution is 5.91. The van der Waals surface area contributed by atoms with Gasteiger partial charge in [-0.3, -0.25) is 15.0 Å². The summed E-state index contributed by atoms with van der Waals surface area (Å²) in [6.45, 7) is 7.39. The molecule has 0 saturated carbocycles. The Hall–Kier alpha value is -2.37. The molecule has 0 fully saturated rings. The number of hydrogen-bond acceptors (Lipinski definition) is 4. The number of carbonyl (C=O) groups is 1. The number of nitrogens with zero attached hydrogens (tertiary/aromatic N) is 3. The van der Waals surface area contributed by atoms with Crippen LogP contribution in [0.1, 0.15) is 26.5 Å². The summed E-state index contributed by atoms with van der Waals surface area (Å²) in [5.41, 5.74) is 2.72. The highest BCUT2D eigenvalue weighted by Crippen LogP contribution is 2.29. The number of amides is 1. The van der Waals surface area contributed by atoms with Crippen LogP contribution in [0.3, 0.4) is 0 Å². The summed E-state index contributed by atoms with van der Waals surface area (Å²) in [5.74, 6) is 0. The van der Waals surface area contributed by atoms with Crippen molar-refractivity contribution in [1.29, 1.82) is 0 Å². The molecule has 1 amide bonds. The van der Waals surface area contributed by atoms with E-state index in [9.17, 15) is 4.79 Å². The number of pyridine rings is 1. The average Bonchev–Trinajstić information content (AvgIpc) is 2.66. The van der Waals surface area contributed by atoms with Crippen molar-refractivity contribution in [2.75, 3.05) is 5.32 Å². The predicted octanol–water partition coefficient (Wildman–Crippen LogP) is 3.14. The monoisotopic (exact) mass is 288 g/mol. The predicted molar refractivity (Wildman–Crippen MR) is 81.0 cm³/mol. The van der Waals surface area contributed by atoms with E-state index in [-0.39, 0.29) is 0 Å². The quantitative estimate of drug-likeness (QED) is 0.921. The SMILES string of the molecule is Cc1nn(C)cc1-c1cnccc1NC(=O)OC(C)(C)C. The summed E-state index contributed by atoms with van der Waals surface area (Å²) in [6.07, 6.45) is 4.74. The first kappa shape index (κ1) is 15.0. The molecule has 0 unspecified atom stereocenters. The Morgan fingerprint density at radius 2 is 2.05 bits per heavy atom. The Morgan fingerprint density at radius 3 is 2.62 bits per heavy atom. The summed E-state index contributed by atoms with van der Waals surface area (Å²) in [6, 6.07) is 1.74. The fourth-order valence-corrected chi connectivity index (χ4v) is 2.00. The van der Waals surface area contributed by atoms with Crippen molar-refractivity contribution in [2.45, 2.75) is 33.3 Å². The highest BCUT2D eigenvalue weighted by Gasteiger charge is 2.18. The first-order valence-corrected chi connectivity index (χ1v) is 6.71. The van der Waals surface area contributed by atoms with Gasteiger partial charge in [-0.15, -0.1) is 0 Å². The minimum atomic E-state index is -0.540. The van der Waals surface area contributed by atoms with Gasteiger partial charge in [0.1, 0.15) is 5.60 Å². The molecule has 1 N–H and O–H groups in total. The lowest BCUT2D eigenvalue weighted by Gasteiger charge is -2.20. The maximum absolute atomic E-state index is 11.9. The molecule has 2 rings (SSSR count). The van der Waals surface area contributed by atoms with E-state index < -0.39 is 11.7 Å². The van der Waals surface area contributed by atoms with Crippen LogP contribution in [0.15, 0.2) is 24.7 Å². The number of anilines is 1. The van der Waals surface area contributed by atoms with Crippen molar-refractivity contribution in [3.63, 3.8) is 0 Å². The Morgan fingerprint density at radius 1 is 1.33 bits per heavy atom. The number of hydrogen-bond donors (Lipinski definition) is 1. The van der Waals surface area contributed by atoms with Crippen LogP contribution in [0.2, 0.25) is 0 Å². The fraction of sp³-hybridized carbons (Fsp3) is 0.400. The molecule has 112 valence electrons. The minimum Gasteiger partial charge on any atom is -0.444 e. The second-order valence-corrected chi connectivity index (χ2v) is 5.85. The number of aryl methyl sites for hydroxylation is 2. The van der Waals surface area contributed by atoms with Gasteiger partial charge in [-0.25, -0.2) is 4.79 Å². The molecule has 6 heteroatoms. The molecule has 0 spiro atoms. The first-order valence-electron chi connectivity index (χ1n) is 6.71. The van der Waals surface area contributed by atoms with Gasteiger partial charge >= 0.3 is 6.09 Å². The third-order valence-corrected chi connectivity index (χ3v) is 2.76. The van der Waals surface area contributed by atoms with Crippen LogP contribution in [0, 0.1) is 6.92 Å². The van der Waals surface area contributed by atoms with Gasteiger partial charge in [0.15, 0.2) is 0 Å². The maximum atomic E-state index is 11.9. The van der Waals surface area contributed by atoms with E-state index in [4.69, 9.17) is 4.74 Å². The normalized spacial score (nSPS) is 11.3. The number of ether oxygens (including phenoxy) is 1. The van der Waals surface area contributed by atoms with Gasteiger partial charge in [0.25, 0.3) is 0 Å². The van der Waals surface area contributed by atoms with Crippen LogP contribution >= 0.6 is 0 Å². The van der Waals surface area contributed by atoms with Gasteiger partial charge in [0.05, 0.1) is 11.4 Å². The van der Waals surface area contributed by atoms with E-state index in [0.29, 0.717) is 5.69 Å². The van der Waals surface area contributed by atoms with Crippen molar-refractivity contribution in [3.8, 4) is 11.1 Å². The summed E-state index contributed by atoms with van der Waals surface area (Å²) >= 11 is 0. The van der Waals surface area contributed by atoms with Crippen LogP contribution in [0.4, 0.5) is 10.5 Å². The first-order chi connectivity index (χ1) is 9.76. The number of rotatable bonds is 2. The lowest BCUT2D eigenvalue weighted by molar-refractivity contribution is 0.0636. The van der Waals surface area contributed by atoms with Crippen LogP contribution in [0.5, 0.6) is 0 Å². The Bertz CT molecular complexity index is 656. The van der Waals surface area contributed by atoms with Crippen LogP contribution in [0.25, 0.3) is 11.1 Å². The van der Waals surface area contributed by atoms with Crippen molar-refractivity contribution in [2.24, 2.45) is 7.05 Å². The van der Waals surface area contributed by atoms with E-state index in [1.165, 1.54) is 0 Å². The molecule has 0 saturated heterocycles. The number of nitrogens with one attached hydrogen (secondary N) is 1. The Labute approximate surface area is 124 Å². The molecule has 0 bridgehead atoms. The molecule has 2 aromatic heterocycles. The van der Waals surface area contributed by atoms with E-state index in [1.54, 1.807) is 23.1 Å². The third-order valence-electron chi connectivity index (χ3n) is 2.76. The van der Waals surface area contributed by atoms with E-state index in [1.807, 2.05) is 40.9 Å². The molecule has 2 heterocycles. The fourth-order valence-electron chi connectivity index (χ4n) is 2.00. The molecule has 0 atom stereocenters. The second kappa shape index (κ2) is 5.55. The Kier molecular flexibility index (Phi) is 3.97. The maximum Gasteiger partial charge on any atom is 0.412 e. The zero-order valence-electron chi connectivity index (χ0n) is 13.0. The molecule has 0 aliphatic heterocycles. The van der Waals surface area contributed by atoms with Gasteiger partial charge in [0, 0.05) is 36.8 Å². The molecule has 2 aromatic rings. The van der Waals surface area contributed by atoms with Crippen molar-refractivity contribution in [1.82, 2.24) is 14.8 Å². The van der Waals surface area contributed by atoms with E-state index in [2.05, 4.69) is 15.4 Å². The molecular weight excluding hydrogens is 268 g/mol. The number of aromatic nitrogens is 3. The molecule has 0 aliphatic rings. The smallest absolute Gasteiger partial charge is 0.412 e. The van der Waals surface area contributed by atoms with Gasteiger partial charge in [-0.1, -0.05) is 0 Å². The van der Waals surface area contributed by atoms with Gasteiger partial charge in [-0.05, 0) is 33.8 Å². The van der Waals surface area contributed by atoms with Crippen molar-refractivity contribution in [3.05, 3.63) is 30.4 Å². The van der Waals surface area contributed by atoms with Gasteiger partial charge in [0.2, 0.25) is 0 Å². The van der Waals surface area contributed by atoms with Crippen molar-refractivity contribution < 1.29 is 9.53 Å². The third kappa shape index (κ3) is 3.81. The Balaban J connectivity index is 2.30. The lowest BCUT2D eigenvalue weighted by Crippen LogP contribution is -2.27. The standard InChI is InChI=1S/C15H20N4O2/c1-10-12(9-19(5)18-10)11-8-16-7-6-13(11)17-14(20)21-15(2,3)4/h6-9H,1-5H3,(H,16,17,20). The topological polar surface area (TPSA) is 69.0 Å². The average molecular weight is 288 g/mol. The van der Waals surface area contributed by atoms with E-state index in [0.717, 1.165) is 16.8 Å². The summed E-state index contributed by atoms with van der Waals surface area (Å²) < 4.78 is 7.01. The molecule has 21 heavy (non-hydrogen) atoms. The second-order valence-electron chi connectivity index (χ2n) is 5.85. The van der Waals surface area contributed by atoms with Crippen LogP contribution in [-0.4, -0.2) is 26.5 Å². The van der Waals surface area contributed by atoms with E-state index >= 15 is 0 Å². The van der Waals surface area contributed by atoms with Crippen LogP contribution in [-0.2, 0) is 11.8 Å². The summed E-state index contributed by atoms with van der Waals surface area (Å²) in [7, 11) is 1.85. The summed E-state index contributed by atoms with van der Waals surface area (Å²) in [5, 5.41) is 7.08. The highest BCUT2D eigenvalue weighted by atomic mass is 16.6. The largest absolute Gasteiger partial charge is 0.444 e. The molecule has 6 nitrogen and oxygen atoms in total. The van der Waals surface area contributed by atoms with Gasteiger partial charge < -0.3 is 4.74 Å². The number of carbonyl (C=O) groups excluding carboxylic acids is 1. The molecule has 0 radical (unpaired) electrons. The molecule has 0 aliphatic carbocycles. The zero-order chi connectivity index (χ0) is 15.6. The van der Waals surface area contributed by atoms with Gasteiger partial charge in [-0.2, -0.15) is 5.10 Å². The minimum absolute atomic E-state index is 0.489. The van der Waals surface area contributed by atoms with Crippen molar-refractivity contribution >= 4 is 11.8 Å². The molecular formula is C15H20N4O2. The summed E-state index contributed by atoms with van der Waals surface area (Å²) in [4.78, 5) is 16.1. The molecule has 0 aromatic carbocycles. The van der Waals surface area contributed by atoms with Crippen LogP contribution < -0.4 is 5.32 Å². The zero-order valence-corrected chi connectivity index (χ0v) is 13.0. The lowest BCUT2D eigenvalue weighted by atomic mass is 10.1.